The van der Waals surface area contributed by atoms with Gasteiger partial charge in [-0.15, -0.1) is 0 Å². The Hall–Kier alpha value is -1.26. The van der Waals surface area contributed by atoms with E-state index >= 15 is 0 Å². The molecular weight excluding hydrogens is 242 g/mol. The van der Waals surface area contributed by atoms with Gasteiger partial charge in [0, 0.05) is 5.02 Å². The zero-order chi connectivity index (χ0) is 12.6. The fraction of sp³-hybridized carbons (Fsp3) is 0.417. The largest absolute Gasteiger partial charge is 0.496 e. The number of aliphatic hydroxyl groups is 1. The molecule has 1 aromatic carbocycles. The number of hydrogen-bond acceptors (Lipinski definition) is 3. The summed E-state index contributed by atoms with van der Waals surface area (Å²) >= 11 is 5.86. The summed E-state index contributed by atoms with van der Waals surface area (Å²) in [5, 5.41) is 10.1. The molecule has 1 aromatic rings. The monoisotopic (exact) mass is 255 g/mol. The smallest absolute Gasteiger partial charge is 0.257 e. The number of rotatable bonds is 2. The molecule has 1 heterocycles. The first-order valence-corrected chi connectivity index (χ1v) is 5.66. The number of nitrogens with zero attached hydrogens (tertiary/aromatic N) is 1. The average molecular weight is 256 g/mol. The van der Waals surface area contributed by atoms with Crippen molar-refractivity contribution < 1.29 is 14.6 Å². The summed E-state index contributed by atoms with van der Waals surface area (Å²) in [7, 11) is 1.51. The van der Waals surface area contributed by atoms with Crippen LogP contribution in [-0.4, -0.2) is 41.7 Å². The molecule has 0 unspecified atom stereocenters. The average Bonchev–Trinajstić information content (AvgIpc) is 2.24. The lowest BCUT2D eigenvalue weighted by molar-refractivity contribution is -0.0669. The van der Waals surface area contributed by atoms with Crippen LogP contribution in [0.4, 0.5) is 0 Å². The Morgan fingerprint density at radius 3 is 2.71 bits per heavy atom. The van der Waals surface area contributed by atoms with Gasteiger partial charge < -0.3 is 14.7 Å². The summed E-state index contributed by atoms with van der Waals surface area (Å²) in [5.74, 6) is 0.321. The Balaban J connectivity index is 2.22. The van der Waals surface area contributed by atoms with Crippen LogP contribution in [0.25, 0.3) is 0 Å². The molecule has 5 heteroatoms. The number of β-amino-alcohol motifs (C(OH)–C–C–N with tert-alkyl or cyclic N) is 1. The van der Waals surface area contributed by atoms with E-state index in [0.717, 1.165) is 0 Å². The van der Waals surface area contributed by atoms with E-state index in [1.807, 2.05) is 0 Å². The van der Waals surface area contributed by atoms with Crippen LogP contribution < -0.4 is 4.74 Å². The standard InChI is InChI=1S/C12H14ClNO3/c1-12(16)6-14(7-12)11(15)9-5-8(13)3-4-10(9)17-2/h3-5,16H,6-7H2,1-2H3. The Labute approximate surface area is 105 Å². The number of benzene rings is 1. The summed E-state index contributed by atoms with van der Waals surface area (Å²) in [6.07, 6.45) is 0. The van der Waals surface area contributed by atoms with Crippen LogP contribution in [0.3, 0.4) is 0 Å². The van der Waals surface area contributed by atoms with E-state index in [4.69, 9.17) is 16.3 Å². The van der Waals surface area contributed by atoms with Crippen molar-refractivity contribution >= 4 is 17.5 Å². The Morgan fingerprint density at radius 2 is 2.18 bits per heavy atom. The fourth-order valence-corrected chi connectivity index (χ4v) is 2.11. The molecule has 0 bridgehead atoms. The first kappa shape index (κ1) is 12.2. The van der Waals surface area contributed by atoms with Crippen molar-refractivity contribution in [2.24, 2.45) is 0 Å². The van der Waals surface area contributed by atoms with Crippen molar-refractivity contribution in [2.75, 3.05) is 20.2 Å². The highest BCUT2D eigenvalue weighted by atomic mass is 35.5. The van der Waals surface area contributed by atoms with Gasteiger partial charge in [-0.2, -0.15) is 0 Å². The molecule has 1 amide bonds. The normalized spacial score (nSPS) is 17.5. The third kappa shape index (κ3) is 2.37. The third-order valence-corrected chi connectivity index (χ3v) is 2.98. The van der Waals surface area contributed by atoms with Crippen molar-refractivity contribution in [3.05, 3.63) is 28.8 Å². The first-order chi connectivity index (χ1) is 7.93. The molecule has 1 aliphatic heterocycles. The molecule has 0 radical (unpaired) electrons. The van der Waals surface area contributed by atoms with Gasteiger partial charge in [-0.25, -0.2) is 0 Å². The lowest BCUT2D eigenvalue weighted by Crippen LogP contribution is -2.61. The summed E-state index contributed by atoms with van der Waals surface area (Å²) in [6.45, 7) is 2.37. The number of carbonyl (C=O) groups is 1. The van der Waals surface area contributed by atoms with Crippen molar-refractivity contribution in [3.8, 4) is 5.75 Å². The second-order valence-electron chi connectivity index (χ2n) is 4.50. The molecule has 92 valence electrons. The number of hydrogen-bond donors (Lipinski definition) is 1. The maximum absolute atomic E-state index is 12.1. The Bertz CT molecular complexity index is 451. The highest BCUT2D eigenvalue weighted by Gasteiger charge is 2.40. The maximum Gasteiger partial charge on any atom is 0.257 e. The van der Waals surface area contributed by atoms with E-state index in [-0.39, 0.29) is 5.91 Å². The van der Waals surface area contributed by atoms with Crippen LogP contribution in [0, 0.1) is 0 Å². The number of carbonyl (C=O) groups excluding carboxylic acids is 1. The SMILES string of the molecule is COc1ccc(Cl)cc1C(=O)N1CC(C)(O)C1. The van der Waals surface area contributed by atoms with Crippen molar-refractivity contribution in [2.45, 2.75) is 12.5 Å². The molecule has 0 aliphatic carbocycles. The van der Waals surface area contributed by atoms with Gasteiger partial charge in [0.05, 0.1) is 31.4 Å². The van der Waals surface area contributed by atoms with Crippen LogP contribution >= 0.6 is 11.6 Å². The molecule has 4 nitrogen and oxygen atoms in total. The lowest BCUT2D eigenvalue weighted by Gasteiger charge is -2.44. The number of halogens is 1. The Morgan fingerprint density at radius 1 is 1.53 bits per heavy atom. The van der Waals surface area contributed by atoms with Gasteiger partial charge >= 0.3 is 0 Å². The number of amides is 1. The molecule has 0 spiro atoms. The quantitative estimate of drug-likeness (QED) is 0.873. The molecule has 0 atom stereocenters. The topological polar surface area (TPSA) is 49.8 Å². The van der Waals surface area contributed by atoms with Gasteiger partial charge in [0.1, 0.15) is 5.75 Å². The molecule has 0 aromatic heterocycles. The van der Waals surface area contributed by atoms with E-state index in [2.05, 4.69) is 0 Å². The lowest BCUT2D eigenvalue weighted by atomic mass is 9.96. The van der Waals surface area contributed by atoms with E-state index < -0.39 is 5.60 Å². The zero-order valence-electron chi connectivity index (χ0n) is 9.74. The molecule has 1 saturated heterocycles. The summed E-state index contributed by atoms with van der Waals surface area (Å²) in [4.78, 5) is 13.7. The molecular formula is C12H14ClNO3. The molecule has 2 rings (SSSR count). The van der Waals surface area contributed by atoms with Crippen molar-refractivity contribution in [1.29, 1.82) is 0 Å². The van der Waals surface area contributed by atoms with E-state index in [1.54, 1.807) is 30.0 Å². The van der Waals surface area contributed by atoms with E-state index in [0.29, 0.717) is 29.4 Å². The van der Waals surface area contributed by atoms with Crippen molar-refractivity contribution in [3.63, 3.8) is 0 Å². The summed E-state index contributed by atoms with van der Waals surface area (Å²) in [6, 6.07) is 4.91. The summed E-state index contributed by atoms with van der Waals surface area (Å²) in [5.41, 5.74) is -0.350. The molecule has 1 N–H and O–H groups in total. The first-order valence-electron chi connectivity index (χ1n) is 5.28. The van der Waals surface area contributed by atoms with Crippen molar-refractivity contribution in [1.82, 2.24) is 4.90 Å². The minimum atomic E-state index is -0.776. The van der Waals surface area contributed by atoms with Crippen LogP contribution in [0.2, 0.25) is 5.02 Å². The van der Waals surface area contributed by atoms with Crippen LogP contribution in [0.5, 0.6) is 5.75 Å². The molecule has 17 heavy (non-hydrogen) atoms. The van der Waals surface area contributed by atoms with E-state index in [1.165, 1.54) is 7.11 Å². The minimum absolute atomic E-state index is 0.170. The highest BCUT2D eigenvalue weighted by molar-refractivity contribution is 6.31. The van der Waals surface area contributed by atoms with Gasteiger partial charge in [0.2, 0.25) is 0 Å². The summed E-state index contributed by atoms with van der Waals surface area (Å²) < 4.78 is 5.12. The Kier molecular flexibility index (Phi) is 3.02. The highest BCUT2D eigenvalue weighted by Crippen LogP contribution is 2.28. The maximum atomic E-state index is 12.1. The second kappa shape index (κ2) is 4.20. The van der Waals surface area contributed by atoms with Gasteiger partial charge in [-0.05, 0) is 25.1 Å². The fourth-order valence-electron chi connectivity index (χ4n) is 1.94. The molecule has 0 saturated carbocycles. The third-order valence-electron chi connectivity index (χ3n) is 2.74. The van der Waals surface area contributed by atoms with Gasteiger partial charge in [-0.3, -0.25) is 4.79 Å². The van der Waals surface area contributed by atoms with Crippen LogP contribution in [-0.2, 0) is 0 Å². The van der Waals surface area contributed by atoms with Crippen LogP contribution in [0.15, 0.2) is 18.2 Å². The van der Waals surface area contributed by atoms with Gasteiger partial charge in [-0.1, -0.05) is 11.6 Å². The molecule has 1 fully saturated rings. The van der Waals surface area contributed by atoms with Crippen LogP contribution in [0.1, 0.15) is 17.3 Å². The zero-order valence-corrected chi connectivity index (χ0v) is 10.5. The number of likely N-dealkylation sites (tertiary alicyclic amines) is 1. The van der Waals surface area contributed by atoms with Gasteiger partial charge in [0.15, 0.2) is 0 Å². The van der Waals surface area contributed by atoms with Gasteiger partial charge in [0.25, 0.3) is 5.91 Å². The number of methoxy groups -OCH3 is 1. The predicted molar refractivity (Wildman–Crippen MR) is 64.5 cm³/mol. The van der Waals surface area contributed by atoms with E-state index in [9.17, 15) is 9.90 Å². The minimum Gasteiger partial charge on any atom is -0.496 e. The second-order valence-corrected chi connectivity index (χ2v) is 4.94. The predicted octanol–water partition coefficient (Wildman–Crippen LogP) is 1.56. The number of ether oxygens (including phenoxy) is 1. The molecule has 1 aliphatic rings.